The number of benzene rings is 2. The zero-order valence-electron chi connectivity index (χ0n) is 24.3. The molecule has 2 aromatic heterocycles. The van der Waals surface area contributed by atoms with Crippen LogP contribution in [0.5, 0.6) is 11.8 Å². The van der Waals surface area contributed by atoms with Crippen LogP contribution in [0.25, 0.3) is 32.9 Å². The average molecular weight is 604 g/mol. The summed E-state index contributed by atoms with van der Waals surface area (Å²) in [6.45, 7) is 3.86. The van der Waals surface area contributed by atoms with Gasteiger partial charge >= 0.3 is 6.01 Å². The van der Waals surface area contributed by atoms with Crippen LogP contribution >= 0.6 is 0 Å². The van der Waals surface area contributed by atoms with E-state index in [9.17, 15) is 19.0 Å². The number of hydrogen-bond acceptors (Lipinski definition) is 8. The monoisotopic (exact) mass is 603 g/mol. The second-order valence-electron chi connectivity index (χ2n) is 12.6. The van der Waals surface area contributed by atoms with Crippen molar-refractivity contribution in [3.05, 3.63) is 47.7 Å². The molecule has 3 aliphatic heterocycles. The number of fused-ring (bicyclic) bond motifs is 3. The van der Waals surface area contributed by atoms with Crippen LogP contribution in [0.1, 0.15) is 44.6 Å². The molecule has 7 rings (SSSR count). The van der Waals surface area contributed by atoms with Gasteiger partial charge in [0.15, 0.2) is 5.82 Å². The van der Waals surface area contributed by atoms with Crippen LogP contribution in [-0.2, 0) is 0 Å². The molecule has 0 radical (unpaired) electrons. The van der Waals surface area contributed by atoms with Gasteiger partial charge in [0.2, 0.25) is 0 Å². The van der Waals surface area contributed by atoms with Crippen LogP contribution in [0.3, 0.4) is 0 Å². The molecule has 3 atom stereocenters. The van der Waals surface area contributed by atoms with Crippen LogP contribution < -0.4 is 9.64 Å². The van der Waals surface area contributed by atoms with Gasteiger partial charge in [-0.2, -0.15) is 9.97 Å². The van der Waals surface area contributed by atoms with Crippen LogP contribution in [0.4, 0.5) is 19.0 Å². The SMILES string of the molecule is C#Cc1c(F)ccc2cc(O)cc(-c3ncc4c(N5CCC[C@](C)(O)C5)nc(OC[C@@]56CCCN5C[C@H](F)C6)nc4c3F)c12. The maximum atomic E-state index is 16.7. The zero-order valence-corrected chi connectivity index (χ0v) is 24.3. The smallest absolute Gasteiger partial charge is 0.319 e. The summed E-state index contributed by atoms with van der Waals surface area (Å²) >= 11 is 0. The van der Waals surface area contributed by atoms with Gasteiger partial charge in [0.05, 0.1) is 22.1 Å². The van der Waals surface area contributed by atoms with Crippen LogP contribution in [0.15, 0.2) is 30.5 Å². The third-order valence-corrected chi connectivity index (χ3v) is 9.30. The number of hydrogen-bond donors (Lipinski definition) is 2. The van der Waals surface area contributed by atoms with Gasteiger partial charge in [-0.1, -0.05) is 12.0 Å². The number of piperidine rings is 1. The van der Waals surface area contributed by atoms with Crippen LogP contribution in [0.2, 0.25) is 0 Å². The molecular formula is C33H32F3N5O3. The molecule has 8 nitrogen and oxygen atoms in total. The number of nitrogens with zero attached hydrogens (tertiary/aromatic N) is 5. The lowest BCUT2D eigenvalue weighted by Gasteiger charge is -2.38. The number of β-amino-alcohol motifs (C(OH)–C–C–N with tert-alkyl or cyclic N) is 1. The first kappa shape index (κ1) is 28.6. The van der Waals surface area contributed by atoms with Crippen molar-refractivity contribution >= 4 is 27.5 Å². The van der Waals surface area contributed by atoms with Gasteiger partial charge in [0, 0.05) is 43.2 Å². The van der Waals surface area contributed by atoms with Crippen molar-refractivity contribution in [3.63, 3.8) is 0 Å². The van der Waals surface area contributed by atoms with Gasteiger partial charge < -0.3 is 19.8 Å². The fourth-order valence-corrected chi connectivity index (χ4v) is 7.32. The lowest BCUT2D eigenvalue weighted by molar-refractivity contribution is 0.0447. The first-order valence-electron chi connectivity index (χ1n) is 14.9. The number of alkyl halides is 1. The molecule has 0 bridgehead atoms. The minimum atomic E-state index is -0.984. The number of pyridine rings is 1. The first-order valence-corrected chi connectivity index (χ1v) is 14.9. The van der Waals surface area contributed by atoms with Crippen LogP contribution in [-0.4, -0.2) is 80.2 Å². The van der Waals surface area contributed by atoms with Crippen molar-refractivity contribution < 1.29 is 28.1 Å². The summed E-state index contributed by atoms with van der Waals surface area (Å²) in [7, 11) is 0. The highest BCUT2D eigenvalue weighted by Gasteiger charge is 2.49. The number of aromatic nitrogens is 3. The van der Waals surface area contributed by atoms with E-state index in [0.29, 0.717) is 48.9 Å². The Hall–Kier alpha value is -4.14. The molecular weight excluding hydrogens is 571 g/mol. The average Bonchev–Trinajstić information content (AvgIpc) is 3.51. The molecule has 0 amide bonds. The van der Waals surface area contributed by atoms with Gasteiger partial charge in [0.25, 0.3) is 0 Å². The highest BCUT2D eigenvalue weighted by atomic mass is 19.1. The summed E-state index contributed by atoms with van der Waals surface area (Å²) in [5.74, 6) is 1.04. The molecule has 44 heavy (non-hydrogen) atoms. The number of halogens is 3. The zero-order chi connectivity index (χ0) is 30.8. The van der Waals surface area contributed by atoms with Crippen molar-refractivity contribution in [2.45, 2.75) is 56.3 Å². The number of phenols is 1. The number of rotatable bonds is 5. The van der Waals surface area contributed by atoms with E-state index in [0.717, 1.165) is 19.4 Å². The second kappa shape index (κ2) is 10.5. The lowest BCUT2D eigenvalue weighted by Crippen LogP contribution is -2.46. The van der Waals surface area contributed by atoms with Crippen molar-refractivity contribution in [2.24, 2.45) is 0 Å². The summed E-state index contributed by atoms with van der Waals surface area (Å²) in [6.07, 6.45) is 9.50. The van der Waals surface area contributed by atoms with E-state index in [1.54, 1.807) is 6.92 Å². The molecule has 11 heteroatoms. The predicted octanol–water partition coefficient (Wildman–Crippen LogP) is 5.12. The standard InChI is InChI=1S/C33H32F3N5O3/c1-3-22-25(35)7-6-19-12-21(42)13-23(26(19)22)28-27(36)29-24(15-37-28)30(40-10-4-8-32(2,43)17-40)39-31(38-29)44-18-33-9-5-11-41(33)16-20(34)14-33/h1,6-7,12-13,15,20,42-43H,4-5,8-11,14,16-18H2,2H3/t20-,32+,33+/m1/s1. The molecule has 228 valence electrons. The van der Waals surface area contributed by atoms with Crippen molar-refractivity contribution in [2.75, 3.05) is 37.7 Å². The highest BCUT2D eigenvalue weighted by Crippen LogP contribution is 2.42. The molecule has 3 saturated heterocycles. The number of ether oxygens (including phenoxy) is 1. The third kappa shape index (κ3) is 4.77. The maximum Gasteiger partial charge on any atom is 0.319 e. The predicted molar refractivity (Wildman–Crippen MR) is 160 cm³/mol. The van der Waals surface area contributed by atoms with E-state index in [1.807, 2.05) is 4.90 Å². The maximum absolute atomic E-state index is 16.7. The minimum absolute atomic E-state index is 0.0755. The van der Waals surface area contributed by atoms with Gasteiger partial charge in [-0.05, 0) is 62.7 Å². The number of phenolic OH excluding ortho intramolecular Hbond substituents is 1. The fourth-order valence-electron chi connectivity index (χ4n) is 7.32. The topological polar surface area (TPSA) is 94.8 Å². The fraction of sp³-hybridized carbons (Fsp3) is 0.424. The normalized spacial score (nSPS) is 25.5. The largest absolute Gasteiger partial charge is 0.508 e. The molecule has 5 heterocycles. The van der Waals surface area contributed by atoms with E-state index in [2.05, 4.69) is 25.8 Å². The summed E-state index contributed by atoms with van der Waals surface area (Å²) in [5, 5.41) is 22.3. The molecule has 2 N–H and O–H groups in total. The van der Waals surface area contributed by atoms with E-state index >= 15 is 4.39 Å². The highest BCUT2D eigenvalue weighted by molar-refractivity contribution is 6.03. The molecule has 0 spiro atoms. The van der Waals surface area contributed by atoms with Crippen molar-refractivity contribution in [3.8, 4) is 35.4 Å². The van der Waals surface area contributed by atoms with Gasteiger partial charge in [-0.15, -0.1) is 6.42 Å². The Kier molecular flexibility index (Phi) is 6.83. The Morgan fingerprint density at radius 1 is 1.16 bits per heavy atom. The van der Waals surface area contributed by atoms with E-state index in [1.165, 1.54) is 30.5 Å². The first-order chi connectivity index (χ1) is 21.1. The molecule has 0 saturated carbocycles. The number of aliphatic hydroxyl groups is 1. The number of anilines is 1. The summed E-state index contributed by atoms with van der Waals surface area (Å²) in [4.78, 5) is 17.5. The third-order valence-electron chi connectivity index (χ3n) is 9.30. The molecule has 3 aliphatic rings. The lowest BCUT2D eigenvalue weighted by atomic mass is 9.94. The van der Waals surface area contributed by atoms with Gasteiger partial charge in [-0.25, -0.2) is 13.2 Å². The molecule has 4 aromatic rings. The van der Waals surface area contributed by atoms with E-state index < -0.39 is 28.9 Å². The van der Waals surface area contributed by atoms with Crippen LogP contribution in [0, 0.1) is 24.0 Å². The number of aromatic hydroxyl groups is 1. The molecule has 0 aliphatic carbocycles. The molecule has 3 fully saturated rings. The molecule has 0 unspecified atom stereocenters. The van der Waals surface area contributed by atoms with Crippen molar-refractivity contribution in [1.82, 2.24) is 19.9 Å². The second-order valence-corrected chi connectivity index (χ2v) is 12.6. The van der Waals surface area contributed by atoms with Gasteiger partial charge in [0.1, 0.15) is 41.4 Å². The van der Waals surface area contributed by atoms with E-state index in [-0.39, 0.29) is 52.6 Å². The summed E-state index contributed by atoms with van der Waals surface area (Å²) in [5.41, 5.74) is -1.70. The summed E-state index contributed by atoms with van der Waals surface area (Å²) < 4.78 is 52.0. The van der Waals surface area contributed by atoms with Gasteiger partial charge in [-0.3, -0.25) is 9.88 Å². The Labute approximate surface area is 252 Å². The van der Waals surface area contributed by atoms with Crippen molar-refractivity contribution in [1.29, 1.82) is 0 Å². The number of terminal acetylenes is 1. The van der Waals surface area contributed by atoms with E-state index in [4.69, 9.17) is 11.2 Å². The quantitative estimate of drug-likeness (QED) is 0.304. The Morgan fingerprint density at radius 2 is 1.98 bits per heavy atom. The Balaban J connectivity index is 1.39. The summed E-state index contributed by atoms with van der Waals surface area (Å²) in [6, 6.07) is 5.29. The Bertz CT molecular complexity index is 1840. The minimum Gasteiger partial charge on any atom is -0.508 e. The molecule has 2 aromatic carbocycles. The Morgan fingerprint density at radius 3 is 2.77 bits per heavy atom.